The van der Waals surface area contributed by atoms with Gasteiger partial charge in [-0.15, -0.1) is 0 Å². The van der Waals surface area contributed by atoms with Crippen molar-refractivity contribution >= 4 is 22.6 Å². The number of benzene rings is 1. The Morgan fingerprint density at radius 3 is 2.36 bits per heavy atom. The largest absolute Gasteiger partial charge is 0.263 e. The SMILES string of the molecule is Cc1cc(I)cc(C(F)F)c1. The fraction of sp³-hybridized carbons (Fsp3) is 0.250. The lowest BCUT2D eigenvalue weighted by molar-refractivity contribution is 0.151. The Hall–Kier alpha value is -0.190. The fourth-order valence-corrected chi connectivity index (χ4v) is 1.74. The molecule has 0 aliphatic rings. The maximum Gasteiger partial charge on any atom is 0.263 e. The lowest BCUT2D eigenvalue weighted by Gasteiger charge is -2.01. The number of hydrogen-bond acceptors (Lipinski definition) is 0. The zero-order valence-corrected chi connectivity index (χ0v) is 8.10. The van der Waals surface area contributed by atoms with Gasteiger partial charge in [-0.2, -0.15) is 0 Å². The van der Waals surface area contributed by atoms with Crippen LogP contribution < -0.4 is 0 Å². The van der Waals surface area contributed by atoms with Gasteiger partial charge >= 0.3 is 0 Å². The summed E-state index contributed by atoms with van der Waals surface area (Å²) in [7, 11) is 0. The first-order valence-corrected chi connectivity index (χ1v) is 4.22. The molecule has 1 aromatic rings. The molecule has 1 aromatic carbocycles. The zero-order chi connectivity index (χ0) is 8.43. The third-order valence-corrected chi connectivity index (χ3v) is 1.94. The van der Waals surface area contributed by atoms with Crippen molar-refractivity contribution in [1.29, 1.82) is 0 Å². The lowest BCUT2D eigenvalue weighted by atomic mass is 10.1. The minimum atomic E-state index is -2.36. The standard InChI is InChI=1S/C8H7F2I/c1-5-2-6(8(9)10)4-7(11)3-5/h2-4,8H,1H3. The second-order valence-electron chi connectivity index (χ2n) is 2.36. The van der Waals surface area contributed by atoms with E-state index in [1.54, 1.807) is 0 Å². The fourth-order valence-electron chi connectivity index (χ4n) is 0.891. The Morgan fingerprint density at radius 2 is 1.91 bits per heavy atom. The predicted molar refractivity (Wildman–Crippen MR) is 48.9 cm³/mol. The normalized spacial score (nSPS) is 10.6. The molecule has 0 spiro atoms. The molecule has 0 unspecified atom stereocenters. The van der Waals surface area contributed by atoms with Crippen LogP contribution in [-0.4, -0.2) is 0 Å². The molecule has 0 N–H and O–H groups in total. The maximum atomic E-state index is 12.1. The van der Waals surface area contributed by atoms with E-state index in [1.165, 1.54) is 12.1 Å². The molecule has 0 amide bonds. The van der Waals surface area contributed by atoms with Gasteiger partial charge in [-0.3, -0.25) is 0 Å². The average Bonchev–Trinajstić information content (AvgIpc) is 1.85. The van der Waals surface area contributed by atoms with Crippen LogP contribution in [-0.2, 0) is 0 Å². The molecule has 3 heteroatoms. The second-order valence-corrected chi connectivity index (χ2v) is 3.61. The number of rotatable bonds is 1. The molecule has 0 aliphatic heterocycles. The molecule has 0 radical (unpaired) electrons. The molecule has 0 saturated carbocycles. The summed E-state index contributed by atoms with van der Waals surface area (Å²) in [6.45, 7) is 1.81. The van der Waals surface area contributed by atoms with Gasteiger partial charge in [-0.05, 0) is 47.2 Å². The van der Waals surface area contributed by atoms with Gasteiger partial charge in [0.05, 0.1) is 0 Å². The van der Waals surface area contributed by atoms with Crippen molar-refractivity contribution in [2.24, 2.45) is 0 Å². The van der Waals surface area contributed by atoms with Crippen LogP contribution >= 0.6 is 22.6 Å². The highest BCUT2D eigenvalue weighted by molar-refractivity contribution is 14.1. The highest BCUT2D eigenvalue weighted by Crippen LogP contribution is 2.21. The van der Waals surface area contributed by atoms with Crippen molar-refractivity contribution < 1.29 is 8.78 Å². The molecule has 0 aromatic heterocycles. The van der Waals surface area contributed by atoms with Crippen molar-refractivity contribution in [2.45, 2.75) is 13.3 Å². The first-order valence-electron chi connectivity index (χ1n) is 3.15. The summed E-state index contributed by atoms with van der Waals surface area (Å²) in [5.74, 6) is 0. The van der Waals surface area contributed by atoms with Crippen LogP contribution in [0.5, 0.6) is 0 Å². The summed E-state index contributed by atoms with van der Waals surface area (Å²) >= 11 is 2.03. The van der Waals surface area contributed by atoms with E-state index < -0.39 is 6.43 Å². The summed E-state index contributed by atoms with van der Waals surface area (Å²) < 4.78 is 25.1. The smallest absolute Gasteiger partial charge is 0.205 e. The molecule has 60 valence electrons. The highest BCUT2D eigenvalue weighted by atomic mass is 127. The summed E-state index contributed by atoms with van der Waals surface area (Å²) in [5, 5.41) is 0. The molecule has 0 bridgehead atoms. The van der Waals surface area contributed by atoms with Gasteiger partial charge in [0.15, 0.2) is 0 Å². The lowest BCUT2D eigenvalue weighted by Crippen LogP contribution is -1.86. The highest BCUT2D eigenvalue weighted by Gasteiger charge is 2.06. The molecule has 0 heterocycles. The molecule has 0 fully saturated rings. The van der Waals surface area contributed by atoms with Crippen LogP contribution in [0.2, 0.25) is 0 Å². The first-order chi connectivity index (χ1) is 5.09. The molecule has 1 rings (SSSR count). The van der Waals surface area contributed by atoms with Crippen LogP contribution in [0.15, 0.2) is 18.2 Å². The summed E-state index contributed by atoms with van der Waals surface area (Å²) in [6, 6.07) is 4.87. The van der Waals surface area contributed by atoms with Gasteiger partial charge in [0.1, 0.15) is 0 Å². The van der Waals surface area contributed by atoms with E-state index in [-0.39, 0.29) is 5.56 Å². The molecule has 0 saturated heterocycles. The zero-order valence-electron chi connectivity index (χ0n) is 5.94. The van der Waals surface area contributed by atoms with E-state index in [9.17, 15) is 8.78 Å². The maximum absolute atomic E-state index is 12.1. The number of halogens is 3. The van der Waals surface area contributed by atoms with E-state index in [0.29, 0.717) is 0 Å². The van der Waals surface area contributed by atoms with Crippen LogP contribution in [0.25, 0.3) is 0 Å². The Morgan fingerprint density at radius 1 is 1.27 bits per heavy atom. The Balaban J connectivity index is 3.08. The van der Waals surface area contributed by atoms with Crippen molar-refractivity contribution in [3.05, 3.63) is 32.9 Å². The van der Waals surface area contributed by atoms with Crippen LogP contribution in [0.4, 0.5) is 8.78 Å². The molecule has 0 atom stereocenters. The van der Waals surface area contributed by atoms with E-state index in [2.05, 4.69) is 0 Å². The third-order valence-electron chi connectivity index (χ3n) is 1.32. The van der Waals surface area contributed by atoms with Crippen LogP contribution in [0.1, 0.15) is 17.6 Å². The van der Waals surface area contributed by atoms with Gasteiger partial charge in [-0.1, -0.05) is 6.07 Å². The number of alkyl halides is 2. The average molecular weight is 268 g/mol. The molecular formula is C8H7F2I. The van der Waals surface area contributed by atoms with Crippen LogP contribution in [0.3, 0.4) is 0 Å². The van der Waals surface area contributed by atoms with E-state index in [0.717, 1.165) is 9.13 Å². The summed E-state index contributed by atoms with van der Waals surface area (Å²) in [4.78, 5) is 0. The Labute approximate surface area is 77.8 Å². The van der Waals surface area contributed by atoms with Gasteiger partial charge in [0, 0.05) is 9.13 Å². The van der Waals surface area contributed by atoms with E-state index in [1.807, 2.05) is 35.6 Å². The monoisotopic (exact) mass is 268 g/mol. The van der Waals surface area contributed by atoms with Gasteiger partial charge in [0.2, 0.25) is 0 Å². The predicted octanol–water partition coefficient (Wildman–Crippen LogP) is 3.54. The minimum Gasteiger partial charge on any atom is -0.205 e. The quantitative estimate of drug-likeness (QED) is 0.683. The molecule has 0 nitrogen and oxygen atoms in total. The van der Waals surface area contributed by atoms with Crippen molar-refractivity contribution in [3.63, 3.8) is 0 Å². The minimum absolute atomic E-state index is 0.106. The van der Waals surface area contributed by atoms with Crippen molar-refractivity contribution in [1.82, 2.24) is 0 Å². The third kappa shape index (κ3) is 2.39. The topological polar surface area (TPSA) is 0 Å². The van der Waals surface area contributed by atoms with Gasteiger partial charge < -0.3 is 0 Å². The second kappa shape index (κ2) is 3.47. The summed E-state index contributed by atoms with van der Waals surface area (Å²) in [6.07, 6.45) is -2.36. The Bertz CT molecular complexity index is 238. The first kappa shape index (κ1) is 8.90. The number of aryl methyl sites for hydroxylation is 1. The van der Waals surface area contributed by atoms with Crippen molar-refractivity contribution in [2.75, 3.05) is 0 Å². The van der Waals surface area contributed by atoms with Gasteiger partial charge in [-0.25, -0.2) is 8.78 Å². The summed E-state index contributed by atoms with van der Waals surface area (Å²) in [5.41, 5.74) is 0.988. The van der Waals surface area contributed by atoms with E-state index in [4.69, 9.17) is 0 Å². The van der Waals surface area contributed by atoms with Gasteiger partial charge in [0.25, 0.3) is 6.43 Å². The Kier molecular flexibility index (Phi) is 2.81. The van der Waals surface area contributed by atoms with Crippen molar-refractivity contribution in [3.8, 4) is 0 Å². The van der Waals surface area contributed by atoms with E-state index >= 15 is 0 Å². The molecule has 0 aliphatic carbocycles. The molecule has 11 heavy (non-hydrogen) atoms. The number of hydrogen-bond donors (Lipinski definition) is 0. The van der Waals surface area contributed by atoms with Crippen LogP contribution in [0, 0.1) is 10.5 Å². The molecular weight excluding hydrogens is 261 g/mol.